The second-order valence-corrected chi connectivity index (χ2v) is 9.45. The monoisotopic (exact) mass is 337 g/mol. The van der Waals surface area contributed by atoms with Gasteiger partial charge in [-0.2, -0.15) is 0 Å². The SMILES string of the molecule is CC1CC(C(C)C)CCCCCC2C(CCC(=S)N2C(C)C)C1. The highest BCUT2D eigenvalue weighted by molar-refractivity contribution is 7.80. The lowest BCUT2D eigenvalue weighted by Crippen LogP contribution is -2.51. The van der Waals surface area contributed by atoms with Gasteiger partial charge in [0.15, 0.2) is 0 Å². The van der Waals surface area contributed by atoms with E-state index in [4.69, 9.17) is 12.2 Å². The third kappa shape index (κ3) is 5.18. The lowest BCUT2D eigenvalue weighted by atomic mass is 9.77. The molecule has 1 saturated carbocycles. The van der Waals surface area contributed by atoms with Crippen molar-refractivity contribution < 1.29 is 0 Å². The number of rotatable bonds is 2. The summed E-state index contributed by atoms with van der Waals surface area (Å²) < 4.78 is 0. The Balaban J connectivity index is 2.13. The van der Waals surface area contributed by atoms with Gasteiger partial charge in [-0.15, -0.1) is 0 Å². The molecule has 0 aromatic rings. The molecule has 0 aromatic heterocycles. The van der Waals surface area contributed by atoms with E-state index in [9.17, 15) is 0 Å². The van der Waals surface area contributed by atoms with Crippen LogP contribution >= 0.6 is 12.2 Å². The van der Waals surface area contributed by atoms with Crippen LogP contribution < -0.4 is 0 Å². The van der Waals surface area contributed by atoms with E-state index in [-0.39, 0.29) is 0 Å². The molecule has 0 aromatic carbocycles. The van der Waals surface area contributed by atoms with Gasteiger partial charge in [0.05, 0.1) is 4.99 Å². The maximum absolute atomic E-state index is 5.75. The Morgan fingerprint density at radius 3 is 2.30 bits per heavy atom. The summed E-state index contributed by atoms with van der Waals surface area (Å²) in [5.41, 5.74) is 0. The second-order valence-electron chi connectivity index (χ2n) is 8.98. The van der Waals surface area contributed by atoms with Gasteiger partial charge in [0, 0.05) is 12.1 Å². The fourth-order valence-corrected chi connectivity index (χ4v) is 5.62. The summed E-state index contributed by atoms with van der Waals surface area (Å²) in [6.45, 7) is 12.0. The lowest BCUT2D eigenvalue weighted by molar-refractivity contribution is 0.128. The van der Waals surface area contributed by atoms with Gasteiger partial charge in [-0.25, -0.2) is 0 Å². The largest absolute Gasteiger partial charge is 0.360 e. The molecule has 2 heteroatoms. The molecule has 0 N–H and O–H groups in total. The van der Waals surface area contributed by atoms with Crippen molar-refractivity contribution in [2.45, 2.75) is 104 Å². The van der Waals surface area contributed by atoms with Crippen LogP contribution in [0.1, 0.15) is 92.4 Å². The average molecular weight is 338 g/mol. The highest BCUT2D eigenvalue weighted by Crippen LogP contribution is 2.38. The highest BCUT2D eigenvalue weighted by Gasteiger charge is 2.35. The lowest BCUT2D eigenvalue weighted by Gasteiger charge is -2.46. The molecule has 2 fully saturated rings. The van der Waals surface area contributed by atoms with Gasteiger partial charge >= 0.3 is 0 Å². The van der Waals surface area contributed by atoms with Crippen molar-refractivity contribution in [3.05, 3.63) is 0 Å². The molecule has 2 aliphatic rings. The molecule has 1 aliphatic heterocycles. The molecule has 0 bridgehead atoms. The van der Waals surface area contributed by atoms with Crippen LogP contribution in [0.3, 0.4) is 0 Å². The molecule has 23 heavy (non-hydrogen) atoms. The number of fused-ring (bicyclic) bond motifs is 1. The first kappa shape index (κ1) is 19.2. The molecule has 4 unspecified atom stereocenters. The molecule has 2 rings (SSSR count). The molecule has 0 amide bonds. The summed E-state index contributed by atoms with van der Waals surface area (Å²) in [7, 11) is 0. The topological polar surface area (TPSA) is 3.24 Å². The quantitative estimate of drug-likeness (QED) is 0.532. The minimum absolute atomic E-state index is 0.569. The van der Waals surface area contributed by atoms with Crippen LogP contribution in [-0.4, -0.2) is 22.0 Å². The Labute approximate surface area is 150 Å². The van der Waals surface area contributed by atoms with Crippen LogP contribution in [0.5, 0.6) is 0 Å². The summed E-state index contributed by atoms with van der Waals surface area (Å²) in [4.78, 5) is 3.86. The van der Waals surface area contributed by atoms with E-state index >= 15 is 0 Å². The van der Waals surface area contributed by atoms with Gasteiger partial charge < -0.3 is 4.90 Å². The van der Waals surface area contributed by atoms with Crippen LogP contribution in [0, 0.1) is 23.7 Å². The minimum atomic E-state index is 0.569. The number of hydrogen-bond acceptors (Lipinski definition) is 1. The molecule has 1 nitrogen and oxygen atoms in total. The Morgan fingerprint density at radius 2 is 1.65 bits per heavy atom. The standard InChI is InChI=1S/C21H39NS/c1-15(2)18-9-7-6-8-10-20-19(14-17(5)13-18)11-12-21(23)22(20)16(3)4/h15-20H,6-14H2,1-5H3. The normalized spacial score (nSPS) is 34.4. The highest BCUT2D eigenvalue weighted by atomic mass is 32.1. The first-order chi connectivity index (χ1) is 10.9. The van der Waals surface area contributed by atoms with Crippen LogP contribution in [0.2, 0.25) is 0 Å². The van der Waals surface area contributed by atoms with E-state index in [0.29, 0.717) is 12.1 Å². The molecular weight excluding hydrogens is 298 g/mol. The fourth-order valence-electron chi connectivity index (χ4n) is 5.15. The van der Waals surface area contributed by atoms with Crippen molar-refractivity contribution in [1.82, 2.24) is 4.90 Å². The van der Waals surface area contributed by atoms with E-state index in [0.717, 1.165) is 30.1 Å². The number of piperidine rings is 1. The van der Waals surface area contributed by atoms with Crippen LogP contribution in [0.25, 0.3) is 0 Å². The Morgan fingerprint density at radius 1 is 0.957 bits per heavy atom. The molecule has 0 spiro atoms. The maximum Gasteiger partial charge on any atom is 0.0784 e. The van der Waals surface area contributed by atoms with E-state index in [2.05, 4.69) is 39.5 Å². The van der Waals surface area contributed by atoms with Gasteiger partial charge in [0.2, 0.25) is 0 Å². The summed E-state index contributed by atoms with van der Waals surface area (Å²) in [6, 6.07) is 1.29. The third-order valence-electron chi connectivity index (χ3n) is 6.40. The number of thiocarbonyl (C=S) groups is 1. The Hall–Kier alpha value is -0.110. The van der Waals surface area contributed by atoms with Gasteiger partial charge in [-0.3, -0.25) is 0 Å². The Bertz CT molecular complexity index is 376. The first-order valence-electron chi connectivity index (χ1n) is 10.2. The summed E-state index contributed by atoms with van der Waals surface area (Å²) >= 11 is 5.75. The Kier molecular flexibility index (Phi) is 7.38. The van der Waals surface area contributed by atoms with Crippen LogP contribution in [-0.2, 0) is 0 Å². The molecule has 4 atom stereocenters. The maximum atomic E-state index is 5.75. The molecule has 1 heterocycles. The zero-order valence-electron chi connectivity index (χ0n) is 16.2. The summed E-state index contributed by atoms with van der Waals surface area (Å²) in [5, 5.41) is 0. The smallest absolute Gasteiger partial charge is 0.0784 e. The second kappa shape index (κ2) is 8.83. The molecule has 1 saturated heterocycles. The number of nitrogens with zero attached hydrogens (tertiary/aromatic N) is 1. The van der Waals surface area contributed by atoms with Crippen molar-refractivity contribution >= 4 is 17.2 Å². The zero-order valence-corrected chi connectivity index (χ0v) is 17.0. The minimum Gasteiger partial charge on any atom is -0.360 e. The van der Waals surface area contributed by atoms with Crippen molar-refractivity contribution in [3.8, 4) is 0 Å². The predicted octanol–water partition coefficient (Wildman–Crippen LogP) is 6.46. The van der Waals surface area contributed by atoms with Crippen LogP contribution in [0.15, 0.2) is 0 Å². The predicted molar refractivity (Wildman–Crippen MR) is 106 cm³/mol. The molecular formula is C21H39NS. The number of hydrogen-bond donors (Lipinski definition) is 0. The summed E-state index contributed by atoms with van der Waals surface area (Å²) in [6.07, 6.45) is 12.4. The number of likely N-dealkylation sites (tertiary alicyclic amines) is 1. The summed E-state index contributed by atoms with van der Waals surface area (Å²) in [5.74, 6) is 3.52. The van der Waals surface area contributed by atoms with E-state index in [1.807, 2.05) is 0 Å². The van der Waals surface area contributed by atoms with Gasteiger partial charge in [-0.05, 0) is 69.6 Å². The van der Waals surface area contributed by atoms with Gasteiger partial charge in [-0.1, -0.05) is 58.7 Å². The van der Waals surface area contributed by atoms with Gasteiger partial charge in [0.1, 0.15) is 0 Å². The van der Waals surface area contributed by atoms with E-state index in [1.54, 1.807) is 0 Å². The first-order valence-corrected chi connectivity index (χ1v) is 10.6. The van der Waals surface area contributed by atoms with Gasteiger partial charge in [0.25, 0.3) is 0 Å². The third-order valence-corrected chi connectivity index (χ3v) is 6.82. The van der Waals surface area contributed by atoms with Crippen LogP contribution in [0.4, 0.5) is 0 Å². The van der Waals surface area contributed by atoms with E-state index in [1.165, 1.54) is 56.4 Å². The molecule has 1 aliphatic carbocycles. The van der Waals surface area contributed by atoms with E-state index < -0.39 is 0 Å². The van der Waals surface area contributed by atoms with Crippen molar-refractivity contribution in [2.24, 2.45) is 23.7 Å². The molecule has 0 radical (unpaired) electrons. The van der Waals surface area contributed by atoms with Crippen molar-refractivity contribution in [2.75, 3.05) is 0 Å². The average Bonchev–Trinajstić information content (AvgIpc) is 2.50. The van der Waals surface area contributed by atoms with Crippen molar-refractivity contribution in [1.29, 1.82) is 0 Å². The molecule has 134 valence electrons. The van der Waals surface area contributed by atoms with Crippen molar-refractivity contribution in [3.63, 3.8) is 0 Å². The fraction of sp³-hybridized carbons (Fsp3) is 0.952. The zero-order chi connectivity index (χ0) is 17.0.